The number of nitrogens with two attached hydrogens (primary N) is 1. The first-order valence-electron chi connectivity index (χ1n) is 7.97. The Hall–Kier alpha value is -1.79. The third-order valence-electron chi connectivity index (χ3n) is 4.14. The summed E-state index contributed by atoms with van der Waals surface area (Å²) in [6.45, 7) is 2.97. The Morgan fingerprint density at radius 1 is 1.33 bits per heavy atom. The Morgan fingerprint density at radius 2 is 1.96 bits per heavy atom. The molecule has 1 aliphatic rings. The standard InChI is InChI=1S/C17H25N3O3.ClH/c1-12(18)17(22)19-14-7-9-20(10-8-14)16(21)11-13-5-3-4-6-15(13)23-2;/h3-6,12,14H,7-11,18H2,1-2H3,(H,19,22);1H/t12-;/m0./s1. The third kappa shape index (κ3) is 5.39. The van der Waals surface area contributed by atoms with Gasteiger partial charge in [0.2, 0.25) is 11.8 Å². The number of methoxy groups -OCH3 is 1. The maximum atomic E-state index is 12.4. The van der Waals surface area contributed by atoms with Gasteiger partial charge < -0.3 is 20.7 Å². The molecular formula is C17H26ClN3O3. The van der Waals surface area contributed by atoms with Crippen molar-refractivity contribution in [3.8, 4) is 5.75 Å². The van der Waals surface area contributed by atoms with Crippen molar-refractivity contribution in [2.24, 2.45) is 5.73 Å². The molecule has 24 heavy (non-hydrogen) atoms. The van der Waals surface area contributed by atoms with Gasteiger partial charge >= 0.3 is 0 Å². The van der Waals surface area contributed by atoms with E-state index in [9.17, 15) is 9.59 Å². The molecule has 7 heteroatoms. The molecule has 1 aliphatic heterocycles. The number of hydrogen-bond donors (Lipinski definition) is 2. The highest BCUT2D eigenvalue weighted by molar-refractivity contribution is 5.85. The number of rotatable bonds is 5. The van der Waals surface area contributed by atoms with Crippen molar-refractivity contribution in [1.82, 2.24) is 10.2 Å². The zero-order chi connectivity index (χ0) is 16.8. The predicted molar refractivity (Wildman–Crippen MR) is 95.3 cm³/mol. The second-order valence-corrected chi connectivity index (χ2v) is 5.94. The lowest BCUT2D eigenvalue weighted by Gasteiger charge is -2.33. The van der Waals surface area contributed by atoms with Crippen LogP contribution < -0.4 is 15.8 Å². The number of para-hydroxylation sites is 1. The fourth-order valence-corrected chi connectivity index (χ4v) is 2.73. The summed E-state index contributed by atoms with van der Waals surface area (Å²) >= 11 is 0. The Morgan fingerprint density at radius 3 is 2.54 bits per heavy atom. The molecule has 0 spiro atoms. The van der Waals surface area contributed by atoms with E-state index in [2.05, 4.69) is 5.32 Å². The van der Waals surface area contributed by atoms with Gasteiger partial charge in [0.15, 0.2) is 0 Å². The van der Waals surface area contributed by atoms with Gasteiger partial charge in [-0.2, -0.15) is 0 Å². The van der Waals surface area contributed by atoms with Gasteiger partial charge in [0, 0.05) is 24.7 Å². The van der Waals surface area contributed by atoms with Gasteiger partial charge in [-0.05, 0) is 25.8 Å². The van der Waals surface area contributed by atoms with Crippen molar-refractivity contribution >= 4 is 24.2 Å². The molecule has 1 atom stereocenters. The highest BCUT2D eigenvalue weighted by Gasteiger charge is 2.24. The van der Waals surface area contributed by atoms with Gasteiger partial charge in [-0.25, -0.2) is 0 Å². The minimum atomic E-state index is -0.500. The molecular weight excluding hydrogens is 330 g/mol. The van der Waals surface area contributed by atoms with Crippen LogP contribution in [0.3, 0.4) is 0 Å². The highest BCUT2D eigenvalue weighted by Crippen LogP contribution is 2.19. The van der Waals surface area contributed by atoms with Crippen LogP contribution in [0, 0.1) is 0 Å². The number of ether oxygens (including phenoxy) is 1. The van der Waals surface area contributed by atoms with E-state index in [0.29, 0.717) is 19.5 Å². The van der Waals surface area contributed by atoms with Crippen molar-refractivity contribution < 1.29 is 14.3 Å². The van der Waals surface area contributed by atoms with E-state index < -0.39 is 6.04 Å². The molecule has 1 aromatic carbocycles. The summed E-state index contributed by atoms with van der Waals surface area (Å²) in [5.41, 5.74) is 6.45. The largest absolute Gasteiger partial charge is 0.496 e. The molecule has 1 saturated heterocycles. The van der Waals surface area contributed by atoms with Gasteiger partial charge in [-0.15, -0.1) is 12.4 Å². The van der Waals surface area contributed by atoms with E-state index >= 15 is 0 Å². The number of carbonyl (C=O) groups excluding carboxylic acids is 2. The number of hydrogen-bond acceptors (Lipinski definition) is 4. The highest BCUT2D eigenvalue weighted by atomic mass is 35.5. The number of benzene rings is 1. The Kier molecular flexibility index (Phi) is 8.01. The van der Waals surface area contributed by atoms with Crippen LogP contribution >= 0.6 is 12.4 Å². The lowest BCUT2D eigenvalue weighted by atomic mass is 10.0. The van der Waals surface area contributed by atoms with Gasteiger partial charge in [-0.1, -0.05) is 18.2 Å². The second-order valence-electron chi connectivity index (χ2n) is 5.94. The number of halogens is 1. The molecule has 0 bridgehead atoms. The predicted octanol–water partition coefficient (Wildman–Crippen LogP) is 1.11. The maximum absolute atomic E-state index is 12.4. The van der Waals surface area contributed by atoms with Crippen molar-refractivity contribution in [2.45, 2.75) is 38.3 Å². The van der Waals surface area contributed by atoms with Crippen molar-refractivity contribution in [3.05, 3.63) is 29.8 Å². The number of carbonyl (C=O) groups is 2. The van der Waals surface area contributed by atoms with E-state index in [0.717, 1.165) is 24.2 Å². The summed E-state index contributed by atoms with van der Waals surface area (Å²) in [5.74, 6) is 0.690. The summed E-state index contributed by atoms with van der Waals surface area (Å²) in [7, 11) is 1.61. The summed E-state index contributed by atoms with van der Waals surface area (Å²) in [4.78, 5) is 25.9. The maximum Gasteiger partial charge on any atom is 0.236 e. The van der Waals surface area contributed by atoms with E-state index in [1.54, 1.807) is 14.0 Å². The van der Waals surface area contributed by atoms with Crippen molar-refractivity contribution in [2.75, 3.05) is 20.2 Å². The fourth-order valence-electron chi connectivity index (χ4n) is 2.73. The Bertz CT molecular complexity index is 558. The Labute approximate surface area is 149 Å². The number of piperidine rings is 1. The first kappa shape index (κ1) is 20.3. The van der Waals surface area contributed by atoms with Crippen LogP contribution in [0.15, 0.2) is 24.3 Å². The number of likely N-dealkylation sites (tertiary alicyclic amines) is 1. The smallest absolute Gasteiger partial charge is 0.236 e. The van der Waals surface area contributed by atoms with Crippen molar-refractivity contribution in [3.63, 3.8) is 0 Å². The minimum absolute atomic E-state index is 0. The lowest BCUT2D eigenvalue weighted by Crippen LogP contribution is -2.50. The summed E-state index contributed by atoms with van der Waals surface area (Å²) in [6.07, 6.45) is 1.85. The molecule has 1 fully saturated rings. The average Bonchev–Trinajstić information content (AvgIpc) is 2.55. The van der Waals surface area contributed by atoms with Crippen LogP contribution in [0.4, 0.5) is 0 Å². The number of nitrogens with zero attached hydrogens (tertiary/aromatic N) is 1. The molecule has 0 radical (unpaired) electrons. The van der Waals surface area contributed by atoms with E-state index in [1.165, 1.54) is 0 Å². The third-order valence-corrected chi connectivity index (χ3v) is 4.14. The molecule has 1 heterocycles. The Balaban J connectivity index is 0.00000288. The van der Waals surface area contributed by atoms with Crippen LogP contribution in [0.1, 0.15) is 25.3 Å². The first-order valence-corrected chi connectivity index (χ1v) is 7.97. The van der Waals surface area contributed by atoms with Crippen LogP contribution in [0.5, 0.6) is 5.75 Å². The number of nitrogens with one attached hydrogen (secondary N) is 1. The zero-order valence-electron chi connectivity index (χ0n) is 14.2. The average molecular weight is 356 g/mol. The zero-order valence-corrected chi connectivity index (χ0v) is 15.0. The van der Waals surface area contributed by atoms with Gasteiger partial charge in [0.1, 0.15) is 5.75 Å². The van der Waals surface area contributed by atoms with Crippen LogP contribution in [0.2, 0.25) is 0 Å². The molecule has 0 aromatic heterocycles. The number of amides is 2. The summed E-state index contributed by atoms with van der Waals surface area (Å²) in [5, 5.41) is 2.92. The van der Waals surface area contributed by atoms with Gasteiger partial charge in [0.25, 0.3) is 0 Å². The second kappa shape index (κ2) is 9.49. The van der Waals surface area contributed by atoms with Crippen molar-refractivity contribution in [1.29, 1.82) is 0 Å². The molecule has 1 aromatic rings. The summed E-state index contributed by atoms with van der Waals surface area (Å²) in [6, 6.07) is 7.16. The molecule has 6 nitrogen and oxygen atoms in total. The van der Waals surface area contributed by atoms with Crippen LogP contribution in [0.25, 0.3) is 0 Å². The molecule has 3 N–H and O–H groups in total. The quantitative estimate of drug-likeness (QED) is 0.828. The van der Waals surface area contributed by atoms with E-state index in [-0.39, 0.29) is 30.3 Å². The van der Waals surface area contributed by atoms with Gasteiger partial charge in [-0.3, -0.25) is 9.59 Å². The monoisotopic (exact) mass is 355 g/mol. The lowest BCUT2D eigenvalue weighted by molar-refractivity contribution is -0.131. The van der Waals surface area contributed by atoms with E-state index in [4.69, 9.17) is 10.5 Å². The van der Waals surface area contributed by atoms with Crippen LogP contribution in [-0.2, 0) is 16.0 Å². The normalized spacial score (nSPS) is 16.0. The topological polar surface area (TPSA) is 84.7 Å². The van der Waals surface area contributed by atoms with Crippen LogP contribution in [-0.4, -0.2) is 49.0 Å². The molecule has 2 rings (SSSR count). The van der Waals surface area contributed by atoms with E-state index in [1.807, 2.05) is 29.2 Å². The first-order chi connectivity index (χ1) is 11.0. The fraction of sp³-hybridized carbons (Fsp3) is 0.529. The molecule has 0 aliphatic carbocycles. The SMILES string of the molecule is COc1ccccc1CC(=O)N1CCC(NC(=O)[C@H](C)N)CC1.Cl. The summed E-state index contributed by atoms with van der Waals surface area (Å²) < 4.78 is 5.29. The molecule has 2 amide bonds. The molecule has 0 saturated carbocycles. The molecule has 0 unspecified atom stereocenters. The molecule has 134 valence electrons. The minimum Gasteiger partial charge on any atom is -0.496 e. The van der Waals surface area contributed by atoms with Gasteiger partial charge in [0.05, 0.1) is 19.6 Å².